The van der Waals surface area contributed by atoms with Crippen molar-refractivity contribution in [3.05, 3.63) is 56.3 Å². The van der Waals surface area contributed by atoms with Crippen LogP contribution in [0.15, 0.2) is 35.0 Å². The second-order valence-electron chi connectivity index (χ2n) is 3.92. The molecule has 0 saturated heterocycles. The topological polar surface area (TPSA) is 52.4 Å². The monoisotopic (exact) mass is 297 g/mol. The van der Waals surface area contributed by atoms with Gasteiger partial charge in [0.15, 0.2) is 5.75 Å². The maximum Gasteiger partial charge on any atom is 0.310 e. The molecule has 1 aromatic heterocycles. The van der Waals surface area contributed by atoms with Crippen LogP contribution < -0.4 is 4.74 Å². The number of thiophene rings is 1. The number of alkyl halides is 1. The van der Waals surface area contributed by atoms with E-state index in [0.717, 1.165) is 12.0 Å². The highest BCUT2D eigenvalue weighted by Gasteiger charge is 2.15. The van der Waals surface area contributed by atoms with Gasteiger partial charge >= 0.3 is 5.69 Å². The molecular weight excluding hydrogens is 286 g/mol. The van der Waals surface area contributed by atoms with E-state index in [1.807, 2.05) is 16.8 Å². The minimum absolute atomic E-state index is 0.0285. The first-order valence-corrected chi connectivity index (χ1v) is 7.15. The summed E-state index contributed by atoms with van der Waals surface area (Å²) in [5, 5.41) is 14.9. The van der Waals surface area contributed by atoms with E-state index < -0.39 is 4.92 Å². The van der Waals surface area contributed by atoms with Crippen molar-refractivity contribution < 1.29 is 9.66 Å². The van der Waals surface area contributed by atoms with E-state index in [-0.39, 0.29) is 11.4 Å². The van der Waals surface area contributed by atoms with Gasteiger partial charge in [0.1, 0.15) is 0 Å². The van der Waals surface area contributed by atoms with Crippen LogP contribution in [0.25, 0.3) is 0 Å². The third kappa shape index (κ3) is 3.68. The Kier molecular flexibility index (Phi) is 4.76. The van der Waals surface area contributed by atoms with Gasteiger partial charge < -0.3 is 4.74 Å². The number of nitrogens with zero attached hydrogens (tertiary/aromatic N) is 1. The summed E-state index contributed by atoms with van der Waals surface area (Å²) in [5.41, 5.74) is 1.94. The van der Waals surface area contributed by atoms with Crippen LogP contribution in [0.4, 0.5) is 5.69 Å². The summed E-state index contributed by atoms with van der Waals surface area (Å²) in [7, 11) is 0. The lowest BCUT2D eigenvalue weighted by Crippen LogP contribution is -2.03. The molecule has 6 heteroatoms. The van der Waals surface area contributed by atoms with E-state index >= 15 is 0 Å². The zero-order chi connectivity index (χ0) is 13.7. The summed E-state index contributed by atoms with van der Waals surface area (Å²) in [6.45, 7) is 0.406. The van der Waals surface area contributed by atoms with Crippen LogP contribution in [-0.2, 0) is 12.3 Å². The molecule has 1 aromatic carbocycles. The smallest absolute Gasteiger partial charge is 0.310 e. The minimum Gasteiger partial charge on any atom is -0.486 e. The molecule has 0 unspecified atom stereocenters. The van der Waals surface area contributed by atoms with Crippen LogP contribution in [0, 0.1) is 10.1 Å². The van der Waals surface area contributed by atoms with Crippen LogP contribution in [0.2, 0.25) is 0 Å². The molecule has 0 radical (unpaired) electrons. The normalized spacial score (nSPS) is 10.4. The number of rotatable bonds is 6. The van der Waals surface area contributed by atoms with Crippen LogP contribution in [0.3, 0.4) is 0 Å². The lowest BCUT2D eigenvalue weighted by Gasteiger charge is -2.07. The van der Waals surface area contributed by atoms with Gasteiger partial charge in [0, 0.05) is 18.4 Å². The molecule has 0 aliphatic carbocycles. The van der Waals surface area contributed by atoms with E-state index in [1.54, 1.807) is 23.5 Å². The standard InChI is InChI=1S/C13H12ClNO3S/c14-8-11-1-2-12(15(16)17)13(7-11)18-5-3-10-4-6-19-9-10/h1-2,4,6-7,9H,3,5,8H2. The van der Waals surface area contributed by atoms with Gasteiger partial charge in [-0.2, -0.15) is 11.3 Å². The van der Waals surface area contributed by atoms with Gasteiger partial charge in [-0.05, 0) is 34.0 Å². The van der Waals surface area contributed by atoms with Gasteiger partial charge in [-0.25, -0.2) is 0 Å². The summed E-state index contributed by atoms with van der Waals surface area (Å²) in [6.07, 6.45) is 0.728. The van der Waals surface area contributed by atoms with Gasteiger partial charge in [0.2, 0.25) is 0 Å². The Labute approximate surface area is 119 Å². The Bertz CT molecular complexity index is 557. The molecule has 0 N–H and O–H groups in total. The number of benzene rings is 1. The van der Waals surface area contributed by atoms with Crippen molar-refractivity contribution in [2.45, 2.75) is 12.3 Å². The molecule has 2 aromatic rings. The minimum atomic E-state index is -0.446. The Morgan fingerprint density at radius 1 is 1.32 bits per heavy atom. The Morgan fingerprint density at radius 3 is 2.79 bits per heavy atom. The summed E-state index contributed by atoms with van der Waals surface area (Å²) >= 11 is 7.34. The number of ether oxygens (including phenoxy) is 1. The maximum atomic E-state index is 10.9. The molecule has 4 nitrogen and oxygen atoms in total. The maximum absolute atomic E-state index is 10.9. The molecule has 0 saturated carbocycles. The SMILES string of the molecule is O=[N+]([O-])c1ccc(CCl)cc1OCCc1ccsc1. The Hall–Kier alpha value is -1.59. The van der Waals surface area contributed by atoms with Crippen molar-refractivity contribution in [1.82, 2.24) is 0 Å². The molecule has 0 fully saturated rings. The average Bonchev–Trinajstić information content (AvgIpc) is 2.91. The molecule has 1 heterocycles. The van der Waals surface area contributed by atoms with E-state index in [2.05, 4.69) is 0 Å². The number of halogens is 1. The molecule has 0 spiro atoms. The van der Waals surface area contributed by atoms with Crippen molar-refractivity contribution in [2.24, 2.45) is 0 Å². The molecule has 0 bridgehead atoms. The summed E-state index contributed by atoms with van der Waals surface area (Å²) in [4.78, 5) is 10.5. The lowest BCUT2D eigenvalue weighted by molar-refractivity contribution is -0.385. The van der Waals surface area contributed by atoms with Crippen LogP contribution >= 0.6 is 22.9 Å². The highest BCUT2D eigenvalue weighted by molar-refractivity contribution is 7.07. The quantitative estimate of drug-likeness (QED) is 0.460. The highest BCUT2D eigenvalue weighted by atomic mass is 35.5. The zero-order valence-electron chi connectivity index (χ0n) is 10.0. The first kappa shape index (κ1) is 13.8. The second kappa shape index (κ2) is 6.54. The van der Waals surface area contributed by atoms with Crippen molar-refractivity contribution in [2.75, 3.05) is 6.61 Å². The summed E-state index contributed by atoms with van der Waals surface area (Å²) in [6, 6.07) is 6.70. The fraction of sp³-hybridized carbons (Fsp3) is 0.231. The van der Waals surface area contributed by atoms with Crippen LogP contribution in [0.5, 0.6) is 5.75 Å². The Balaban J connectivity index is 2.06. The molecular formula is C13H12ClNO3S. The van der Waals surface area contributed by atoms with E-state index in [1.165, 1.54) is 11.6 Å². The number of nitro benzene ring substituents is 1. The highest BCUT2D eigenvalue weighted by Crippen LogP contribution is 2.28. The van der Waals surface area contributed by atoms with Crippen molar-refractivity contribution in [1.29, 1.82) is 0 Å². The molecule has 2 rings (SSSR count). The van der Waals surface area contributed by atoms with Crippen molar-refractivity contribution >= 4 is 28.6 Å². The fourth-order valence-electron chi connectivity index (χ4n) is 1.62. The molecule has 19 heavy (non-hydrogen) atoms. The van der Waals surface area contributed by atoms with Gasteiger partial charge in [0.25, 0.3) is 0 Å². The molecule has 0 aliphatic heterocycles. The first-order chi connectivity index (χ1) is 9.20. The zero-order valence-corrected chi connectivity index (χ0v) is 11.6. The van der Waals surface area contributed by atoms with Gasteiger partial charge in [-0.3, -0.25) is 10.1 Å². The van der Waals surface area contributed by atoms with Gasteiger partial charge in [-0.1, -0.05) is 6.07 Å². The second-order valence-corrected chi connectivity index (χ2v) is 4.97. The van der Waals surface area contributed by atoms with Crippen LogP contribution in [-0.4, -0.2) is 11.5 Å². The number of nitro groups is 1. The number of hydrogen-bond donors (Lipinski definition) is 0. The first-order valence-electron chi connectivity index (χ1n) is 5.68. The Morgan fingerprint density at radius 2 is 2.16 bits per heavy atom. The third-order valence-electron chi connectivity index (χ3n) is 2.60. The van der Waals surface area contributed by atoms with Gasteiger partial charge in [-0.15, -0.1) is 11.6 Å². The van der Waals surface area contributed by atoms with Crippen molar-refractivity contribution in [3.8, 4) is 5.75 Å². The van der Waals surface area contributed by atoms with Crippen LogP contribution in [0.1, 0.15) is 11.1 Å². The van der Waals surface area contributed by atoms with E-state index in [0.29, 0.717) is 12.5 Å². The molecule has 100 valence electrons. The molecule has 0 amide bonds. The predicted octanol–water partition coefficient (Wildman–Crippen LogP) is 4.02. The predicted molar refractivity (Wildman–Crippen MR) is 76.2 cm³/mol. The third-order valence-corrected chi connectivity index (χ3v) is 3.64. The van der Waals surface area contributed by atoms with Gasteiger partial charge in [0.05, 0.1) is 11.5 Å². The molecule has 0 aliphatic rings. The van der Waals surface area contributed by atoms with E-state index in [4.69, 9.17) is 16.3 Å². The lowest BCUT2D eigenvalue weighted by atomic mass is 10.2. The van der Waals surface area contributed by atoms with E-state index in [9.17, 15) is 10.1 Å². The number of hydrogen-bond acceptors (Lipinski definition) is 4. The largest absolute Gasteiger partial charge is 0.486 e. The average molecular weight is 298 g/mol. The fourth-order valence-corrected chi connectivity index (χ4v) is 2.49. The molecule has 0 atom stereocenters. The van der Waals surface area contributed by atoms with Crippen molar-refractivity contribution in [3.63, 3.8) is 0 Å². The summed E-state index contributed by atoms with van der Waals surface area (Å²) < 4.78 is 5.52. The summed E-state index contributed by atoms with van der Waals surface area (Å²) in [5.74, 6) is 0.581.